The second-order valence-electron chi connectivity index (χ2n) is 6.00. The molecule has 0 saturated carbocycles. The molecule has 0 amide bonds. The minimum absolute atomic E-state index is 0.159. The minimum Gasteiger partial charge on any atom is -0.238 e. The lowest BCUT2D eigenvalue weighted by Gasteiger charge is -2.22. The zero-order valence-corrected chi connectivity index (χ0v) is 14.4. The van der Waals surface area contributed by atoms with E-state index in [-0.39, 0.29) is 6.04 Å². The number of hydrogen-bond donors (Lipinski definition) is 0. The van der Waals surface area contributed by atoms with Crippen LogP contribution in [0.5, 0.6) is 0 Å². The Morgan fingerprint density at radius 3 is 2.48 bits per heavy atom. The van der Waals surface area contributed by atoms with Gasteiger partial charge in [0.05, 0.1) is 18.2 Å². The van der Waals surface area contributed by atoms with Crippen LogP contribution in [0.2, 0.25) is 0 Å². The molecule has 1 heterocycles. The Hall–Kier alpha value is -3.44. The summed E-state index contributed by atoms with van der Waals surface area (Å²) in [6.45, 7) is 13.1. The molecule has 1 atom stereocenters. The monoisotopic (exact) mass is 327 g/mol. The maximum atomic E-state index is 9.12. The van der Waals surface area contributed by atoms with Gasteiger partial charge in [-0.3, -0.25) is 0 Å². The Kier molecular flexibility index (Phi) is 4.33. The first-order valence-electron chi connectivity index (χ1n) is 7.90. The van der Waals surface area contributed by atoms with Gasteiger partial charge in [0, 0.05) is 0 Å². The van der Waals surface area contributed by atoms with E-state index in [2.05, 4.69) is 21.0 Å². The molecule has 0 N–H and O–H groups in total. The van der Waals surface area contributed by atoms with Crippen LogP contribution in [0.4, 0.5) is 5.69 Å². The summed E-state index contributed by atoms with van der Waals surface area (Å²) in [5.41, 5.74) is 5.32. The molecule has 3 aromatic rings. The predicted molar refractivity (Wildman–Crippen MR) is 95.3 cm³/mol. The zero-order valence-electron chi connectivity index (χ0n) is 14.4. The van der Waals surface area contributed by atoms with Gasteiger partial charge in [-0.05, 0) is 55.2 Å². The third-order valence-corrected chi connectivity index (χ3v) is 4.35. The number of hydrogen-bond acceptors (Lipinski definition) is 3. The van der Waals surface area contributed by atoms with Crippen molar-refractivity contribution in [1.29, 1.82) is 5.26 Å². The van der Waals surface area contributed by atoms with Crippen molar-refractivity contribution in [3.63, 3.8) is 0 Å². The van der Waals surface area contributed by atoms with Crippen molar-refractivity contribution in [3.8, 4) is 6.07 Å². The smallest absolute Gasteiger partial charge is 0.190 e. The lowest BCUT2D eigenvalue weighted by atomic mass is 9.92. The molecule has 0 saturated heterocycles. The molecule has 0 fully saturated rings. The van der Waals surface area contributed by atoms with E-state index in [0.29, 0.717) is 11.3 Å². The van der Waals surface area contributed by atoms with Gasteiger partial charge in [0.15, 0.2) is 5.69 Å². The normalized spacial score (nSPS) is 11.6. The van der Waals surface area contributed by atoms with E-state index in [1.807, 2.05) is 61.9 Å². The van der Waals surface area contributed by atoms with Gasteiger partial charge in [0.1, 0.15) is 18.2 Å². The first-order chi connectivity index (χ1) is 12.0. The molecule has 1 unspecified atom stereocenters. The third kappa shape index (κ3) is 3.00. The molecular formula is C20H17N5. The Morgan fingerprint density at radius 2 is 1.92 bits per heavy atom. The van der Waals surface area contributed by atoms with Crippen LogP contribution in [0.1, 0.15) is 39.7 Å². The van der Waals surface area contributed by atoms with Gasteiger partial charge < -0.3 is 0 Å². The van der Waals surface area contributed by atoms with Gasteiger partial charge in [0.2, 0.25) is 0 Å². The second-order valence-corrected chi connectivity index (χ2v) is 6.00. The van der Waals surface area contributed by atoms with Crippen molar-refractivity contribution in [3.05, 3.63) is 87.8 Å². The summed E-state index contributed by atoms with van der Waals surface area (Å²) in [7, 11) is 0. The number of rotatable bonds is 3. The topological polar surface area (TPSA) is 58.9 Å². The van der Waals surface area contributed by atoms with Crippen molar-refractivity contribution in [2.45, 2.75) is 26.8 Å². The van der Waals surface area contributed by atoms with Gasteiger partial charge in [-0.15, -0.1) is 0 Å². The first-order valence-corrected chi connectivity index (χ1v) is 7.90. The van der Waals surface area contributed by atoms with Crippen molar-refractivity contribution in [2.75, 3.05) is 0 Å². The molecule has 0 aliphatic rings. The first kappa shape index (κ1) is 16.4. The highest BCUT2D eigenvalue weighted by Crippen LogP contribution is 2.32. The summed E-state index contributed by atoms with van der Waals surface area (Å²) in [6.07, 6.45) is 1.54. The summed E-state index contributed by atoms with van der Waals surface area (Å²) < 4.78 is 1.88. The van der Waals surface area contributed by atoms with Crippen LogP contribution in [0.25, 0.3) is 4.85 Å². The molecule has 5 heteroatoms. The average Bonchev–Trinajstić information content (AvgIpc) is 3.02. The van der Waals surface area contributed by atoms with Gasteiger partial charge in [-0.2, -0.15) is 10.4 Å². The van der Waals surface area contributed by atoms with Gasteiger partial charge in [-0.25, -0.2) is 14.5 Å². The molecule has 0 aliphatic heterocycles. The van der Waals surface area contributed by atoms with Crippen molar-refractivity contribution in [1.82, 2.24) is 14.8 Å². The van der Waals surface area contributed by atoms with Crippen LogP contribution in [0.15, 0.2) is 42.7 Å². The van der Waals surface area contributed by atoms with Gasteiger partial charge in [-0.1, -0.05) is 24.3 Å². The van der Waals surface area contributed by atoms with Crippen LogP contribution < -0.4 is 0 Å². The largest absolute Gasteiger partial charge is 0.238 e. The van der Waals surface area contributed by atoms with E-state index in [1.165, 1.54) is 0 Å². The number of nitriles is 1. The van der Waals surface area contributed by atoms with Crippen LogP contribution in [-0.2, 0) is 0 Å². The second kappa shape index (κ2) is 6.59. The highest BCUT2D eigenvalue weighted by atomic mass is 15.3. The summed E-state index contributed by atoms with van der Waals surface area (Å²) >= 11 is 0. The Bertz CT molecular complexity index is 1020. The maximum absolute atomic E-state index is 9.12. The van der Waals surface area contributed by atoms with Crippen molar-refractivity contribution >= 4 is 5.69 Å². The molecular weight excluding hydrogens is 310 g/mol. The molecule has 122 valence electrons. The van der Waals surface area contributed by atoms with Crippen LogP contribution in [0.3, 0.4) is 0 Å². The lowest BCUT2D eigenvalue weighted by molar-refractivity contribution is 0.573. The van der Waals surface area contributed by atoms with Gasteiger partial charge >= 0.3 is 0 Å². The van der Waals surface area contributed by atoms with E-state index in [4.69, 9.17) is 11.8 Å². The SMILES string of the molecule is [C-]#[N+]c1ccc(C(c2ccc(C#N)cc2C)n2ncnc2C)cc1C. The Morgan fingerprint density at radius 1 is 1.12 bits per heavy atom. The zero-order chi connectivity index (χ0) is 18.0. The standard InChI is InChI=1S/C20H17N5/c1-13-9-16(11-21)5-7-18(13)20(25-15(3)23-12-24-25)17-6-8-19(22-4)14(2)10-17/h5-10,12,20H,1-3H3. The molecule has 25 heavy (non-hydrogen) atoms. The highest BCUT2D eigenvalue weighted by molar-refractivity contribution is 5.54. The molecule has 2 aromatic carbocycles. The maximum Gasteiger partial charge on any atom is 0.190 e. The lowest BCUT2D eigenvalue weighted by Crippen LogP contribution is -2.16. The van der Waals surface area contributed by atoms with E-state index in [1.54, 1.807) is 6.33 Å². The van der Waals surface area contributed by atoms with Crippen LogP contribution >= 0.6 is 0 Å². The number of nitrogens with zero attached hydrogens (tertiary/aromatic N) is 5. The molecule has 0 spiro atoms. The summed E-state index contributed by atoms with van der Waals surface area (Å²) in [5.74, 6) is 0.806. The number of aryl methyl sites for hydroxylation is 3. The van der Waals surface area contributed by atoms with Crippen molar-refractivity contribution in [2.24, 2.45) is 0 Å². The summed E-state index contributed by atoms with van der Waals surface area (Å²) in [4.78, 5) is 7.80. The van der Waals surface area contributed by atoms with E-state index < -0.39 is 0 Å². The van der Waals surface area contributed by atoms with E-state index in [9.17, 15) is 0 Å². The fraction of sp³-hybridized carbons (Fsp3) is 0.200. The predicted octanol–water partition coefficient (Wildman–Crippen LogP) is 4.26. The highest BCUT2D eigenvalue weighted by Gasteiger charge is 2.21. The molecule has 0 radical (unpaired) electrons. The van der Waals surface area contributed by atoms with E-state index in [0.717, 1.165) is 28.1 Å². The minimum atomic E-state index is -0.159. The van der Waals surface area contributed by atoms with Crippen LogP contribution in [0, 0.1) is 38.7 Å². The number of aromatic nitrogens is 3. The Balaban J connectivity index is 2.22. The summed E-state index contributed by atoms with van der Waals surface area (Å²) in [6, 6.07) is 13.5. The quantitative estimate of drug-likeness (QED) is 0.675. The van der Waals surface area contributed by atoms with Gasteiger partial charge in [0.25, 0.3) is 0 Å². The molecule has 1 aromatic heterocycles. The molecule has 3 rings (SSSR count). The number of benzene rings is 2. The summed E-state index contributed by atoms with van der Waals surface area (Å²) in [5, 5.41) is 13.5. The Labute approximate surface area is 147 Å². The fourth-order valence-electron chi connectivity index (χ4n) is 3.04. The molecule has 5 nitrogen and oxygen atoms in total. The average molecular weight is 327 g/mol. The third-order valence-electron chi connectivity index (χ3n) is 4.35. The van der Waals surface area contributed by atoms with Crippen molar-refractivity contribution < 1.29 is 0 Å². The van der Waals surface area contributed by atoms with Crippen LogP contribution in [-0.4, -0.2) is 14.8 Å². The molecule has 0 aliphatic carbocycles. The fourth-order valence-corrected chi connectivity index (χ4v) is 3.04. The molecule has 0 bridgehead atoms. The van der Waals surface area contributed by atoms with E-state index >= 15 is 0 Å².